The van der Waals surface area contributed by atoms with Crippen LogP contribution >= 0.6 is 0 Å². The molecule has 0 spiro atoms. The third kappa shape index (κ3) is 4.33. The Hall–Kier alpha value is -6.44. The van der Waals surface area contributed by atoms with Crippen LogP contribution in [0, 0.1) is 0 Å². The molecule has 0 aliphatic carbocycles. The summed E-state index contributed by atoms with van der Waals surface area (Å²) in [6.07, 6.45) is 0. The number of para-hydroxylation sites is 1. The van der Waals surface area contributed by atoms with Crippen LogP contribution in [0.1, 0.15) is 24.7 Å². The number of hydrogen-bond donors (Lipinski definition) is 0. The summed E-state index contributed by atoms with van der Waals surface area (Å²) >= 11 is 0. The molecule has 0 saturated heterocycles. The zero-order valence-corrected chi connectivity index (χ0v) is 25.3. The van der Waals surface area contributed by atoms with Crippen LogP contribution in [0.2, 0.25) is 0 Å². The van der Waals surface area contributed by atoms with Gasteiger partial charge >= 0.3 is 0 Å². The minimum absolute atomic E-state index is 0.00244. The first-order valence-electron chi connectivity index (χ1n) is 24.4. The van der Waals surface area contributed by atoms with E-state index in [9.17, 15) is 5.48 Å². The molecule has 0 atom stereocenters. The second kappa shape index (κ2) is 11.1. The molecule has 0 unspecified atom stereocenters. The highest BCUT2D eigenvalue weighted by molar-refractivity contribution is 6.25. The molecule has 10 rings (SSSR count). The van der Waals surface area contributed by atoms with Gasteiger partial charge in [0.15, 0.2) is 0 Å². The van der Waals surface area contributed by atoms with Crippen LogP contribution in [0.3, 0.4) is 0 Å². The molecule has 49 heavy (non-hydrogen) atoms. The maximum atomic E-state index is 9.61. The van der Waals surface area contributed by atoms with E-state index in [1.54, 1.807) is 12.1 Å². The number of hydrogen-bond acceptors (Lipinski definition) is 1. The van der Waals surface area contributed by atoms with E-state index in [2.05, 4.69) is 0 Å². The summed E-state index contributed by atoms with van der Waals surface area (Å²) in [6, 6.07) is 8.74. The van der Waals surface area contributed by atoms with E-state index >= 15 is 0 Å². The lowest BCUT2D eigenvalue weighted by Gasteiger charge is -2.18. The smallest absolute Gasteiger partial charge is 0.143 e. The Kier molecular flexibility index (Phi) is 3.43. The molecule has 0 amide bonds. The van der Waals surface area contributed by atoms with Crippen LogP contribution < -0.4 is 0 Å². The summed E-state index contributed by atoms with van der Waals surface area (Å²) in [5, 5.41) is 2.02. The first-order valence-corrected chi connectivity index (χ1v) is 15.4. The van der Waals surface area contributed by atoms with Crippen LogP contribution in [0.4, 0.5) is 0 Å². The molecule has 0 fully saturated rings. The van der Waals surface area contributed by atoms with Gasteiger partial charge in [-0.1, -0.05) is 175 Å². The van der Waals surface area contributed by atoms with Crippen LogP contribution in [0.5, 0.6) is 0 Å². The van der Waals surface area contributed by atoms with E-state index in [1.807, 2.05) is 48.5 Å². The van der Waals surface area contributed by atoms with Gasteiger partial charge in [-0.05, 0) is 65.8 Å². The molecule has 228 valence electrons. The lowest BCUT2D eigenvalue weighted by Crippen LogP contribution is -1.91. The second-order valence-corrected chi connectivity index (χ2v) is 11.5. The van der Waals surface area contributed by atoms with Gasteiger partial charge in [-0.15, -0.1) is 0 Å². The molecular formula is C48H30O. The highest BCUT2D eigenvalue weighted by Gasteiger charge is 2.25. The van der Waals surface area contributed by atoms with Gasteiger partial charge in [-0.2, -0.15) is 0 Å². The Balaban J connectivity index is 1.52. The molecule has 0 N–H and O–H groups in total. The van der Waals surface area contributed by atoms with Crippen molar-refractivity contribution in [3.05, 3.63) is 182 Å². The quantitative estimate of drug-likeness (QED) is 0.138. The summed E-state index contributed by atoms with van der Waals surface area (Å²) in [7, 11) is 0. The minimum atomic E-state index is -0.796. The fourth-order valence-electron chi connectivity index (χ4n) is 6.80. The van der Waals surface area contributed by atoms with Crippen LogP contribution in [-0.4, -0.2) is 0 Å². The summed E-state index contributed by atoms with van der Waals surface area (Å²) < 4.78 is 168. The van der Waals surface area contributed by atoms with Gasteiger partial charge in [0.25, 0.3) is 0 Å². The van der Waals surface area contributed by atoms with Crippen molar-refractivity contribution in [2.24, 2.45) is 0 Å². The van der Waals surface area contributed by atoms with E-state index in [0.717, 1.165) is 21.5 Å². The summed E-state index contributed by atoms with van der Waals surface area (Å²) in [6.45, 7) is 0. The van der Waals surface area contributed by atoms with Crippen molar-refractivity contribution in [1.29, 1.82) is 0 Å². The normalized spacial score (nSPS) is 16.8. The third-order valence-electron chi connectivity index (χ3n) is 8.87. The molecule has 1 nitrogen and oxygen atoms in total. The maximum absolute atomic E-state index is 9.61. The first-order chi connectivity index (χ1) is 31.8. The second-order valence-electron chi connectivity index (χ2n) is 11.5. The molecule has 0 bridgehead atoms. The molecular weight excluding hydrogens is 593 g/mol. The Labute approximate surface area is 309 Å². The predicted octanol–water partition coefficient (Wildman–Crippen LogP) is 13.7. The Morgan fingerprint density at radius 2 is 0.918 bits per heavy atom. The zero-order chi connectivity index (χ0) is 48.0. The molecule has 10 aromatic rings. The fraction of sp³-hybridized carbons (Fsp3) is 0. The van der Waals surface area contributed by atoms with Crippen molar-refractivity contribution in [3.8, 4) is 44.7 Å². The number of rotatable bonds is 4. The topological polar surface area (TPSA) is 13.1 Å². The molecule has 1 heteroatoms. The van der Waals surface area contributed by atoms with Gasteiger partial charge in [0, 0.05) is 27.6 Å². The van der Waals surface area contributed by atoms with E-state index < -0.39 is 131 Å². The summed E-state index contributed by atoms with van der Waals surface area (Å²) in [5.41, 5.74) is -1.02. The third-order valence-corrected chi connectivity index (χ3v) is 8.87. The van der Waals surface area contributed by atoms with Gasteiger partial charge in [-0.3, -0.25) is 0 Å². The van der Waals surface area contributed by atoms with E-state index in [0.29, 0.717) is 5.56 Å². The molecule has 9 aromatic carbocycles. The highest BCUT2D eigenvalue weighted by atomic mass is 16.3. The van der Waals surface area contributed by atoms with Crippen molar-refractivity contribution in [2.45, 2.75) is 0 Å². The van der Waals surface area contributed by atoms with Gasteiger partial charge < -0.3 is 4.42 Å². The zero-order valence-electron chi connectivity index (χ0n) is 43.3. The van der Waals surface area contributed by atoms with Gasteiger partial charge in [0.2, 0.25) is 0 Å². The average Bonchev–Trinajstić information content (AvgIpc) is 3.73. The molecule has 0 radical (unpaired) electrons. The van der Waals surface area contributed by atoms with Crippen molar-refractivity contribution >= 4 is 54.1 Å². The van der Waals surface area contributed by atoms with Gasteiger partial charge in [-0.25, -0.2) is 0 Å². The molecule has 1 aromatic heterocycles. The molecule has 0 saturated carbocycles. The van der Waals surface area contributed by atoms with E-state index in [-0.39, 0.29) is 49.8 Å². The summed E-state index contributed by atoms with van der Waals surface area (Å²) in [4.78, 5) is 0. The Morgan fingerprint density at radius 1 is 0.367 bits per heavy atom. The number of furan rings is 1. The Bertz CT molecular complexity index is 3770. The van der Waals surface area contributed by atoms with Crippen molar-refractivity contribution < 1.29 is 29.1 Å². The predicted molar refractivity (Wildman–Crippen MR) is 208 cm³/mol. The highest BCUT2D eigenvalue weighted by Crippen LogP contribution is 2.51. The monoisotopic (exact) mass is 640 g/mol. The lowest BCUT2D eigenvalue weighted by atomic mass is 9.84. The van der Waals surface area contributed by atoms with E-state index in [4.69, 9.17) is 23.6 Å². The molecule has 0 aliphatic heterocycles. The van der Waals surface area contributed by atoms with Crippen LogP contribution in [0.25, 0.3) is 98.8 Å². The van der Waals surface area contributed by atoms with E-state index in [1.165, 1.54) is 12.1 Å². The molecule has 0 aliphatic rings. The maximum Gasteiger partial charge on any atom is 0.143 e. The summed E-state index contributed by atoms with van der Waals surface area (Å²) in [5.74, 6) is 0.00244. The lowest BCUT2D eigenvalue weighted by molar-refractivity contribution is 0.633. The SMILES string of the molecule is [2H]c1c([2H])c([2H])c(-c2cccc3c(-c4c5c([2H])c([2H])c([2H])c([2H])c5c(-c5c([2H])c([2H])c([2H])c([2H])c5[2H])c5c([2H])c([2H])c([2H])c([2H])c45)c(-c4ccc5ccc6ccccc6c5c4)oc23)c([2H])c1[2H]. The fourth-order valence-corrected chi connectivity index (χ4v) is 6.80. The minimum Gasteiger partial charge on any atom is -0.455 e. The largest absolute Gasteiger partial charge is 0.455 e. The van der Waals surface area contributed by atoms with Crippen LogP contribution in [0.15, 0.2) is 186 Å². The van der Waals surface area contributed by atoms with Crippen molar-refractivity contribution in [2.75, 3.05) is 0 Å². The van der Waals surface area contributed by atoms with Gasteiger partial charge in [0.1, 0.15) is 11.3 Å². The number of fused-ring (bicyclic) bond motifs is 6. The average molecular weight is 641 g/mol. The van der Waals surface area contributed by atoms with Crippen LogP contribution in [-0.2, 0) is 0 Å². The number of benzene rings is 9. The van der Waals surface area contributed by atoms with Crippen molar-refractivity contribution in [3.63, 3.8) is 0 Å². The van der Waals surface area contributed by atoms with Gasteiger partial charge in [0.05, 0.1) is 24.7 Å². The molecule has 1 heterocycles. The van der Waals surface area contributed by atoms with Crippen molar-refractivity contribution in [1.82, 2.24) is 0 Å². The first kappa shape index (κ1) is 15.2. The Morgan fingerprint density at radius 3 is 1.61 bits per heavy atom. The standard InChI is InChI=1S/C48H30O/c1-3-14-31(15-4-1)37-24-13-25-42-46(47(49-48(37)42)35-29-28-33-27-26-32-16-7-8-19-36(32)43(33)30-35)45-40-22-11-9-20-38(40)44(34-17-5-2-6-18-34)39-21-10-12-23-41(39)45/h1-30H/i1D,2D,3D,4D,5D,6D,9D,10D,11D,12D,14D,15D,17D,18D,20D,21D,22D,23D.